The summed E-state index contributed by atoms with van der Waals surface area (Å²) in [4.78, 5) is 15.2. The molecule has 146 valence electrons. The van der Waals surface area contributed by atoms with Gasteiger partial charge in [-0.3, -0.25) is 4.79 Å². The molecule has 0 aliphatic carbocycles. The second-order valence-electron chi connectivity index (χ2n) is 7.60. The van der Waals surface area contributed by atoms with Crippen molar-refractivity contribution in [2.24, 2.45) is 0 Å². The van der Waals surface area contributed by atoms with E-state index in [0.717, 1.165) is 44.2 Å². The molecular formula is C20H35N3O3+2. The second-order valence-corrected chi connectivity index (χ2v) is 7.60. The van der Waals surface area contributed by atoms with Crippen LogP contribution in [0.5, 0.6) is 11.5 Å². The van der Waals surface area contributed by atoms with Crippen molar-refractivity contribution in [3.63, 3.8) is 0 Å². The van der Waals surface area contributed by atoms with Crippen molar-refractivity contribution in [1.29, 1.82) is 0 Å². The van der Waals surface area contributed by atoms with E-state index in [1.165, 1.54) is 16.0 Å². The summed E-state index contributed by atoms with van der Waals surface area (Å²) in [7, 11) is 3.34. The number of amides is 1. The Kier molecular flexibility index (Phi) is 7.29. The molecule has 0 radical (unpaired) electrons. The normalized spacial score (nSPS) is 21.3. The van der Waals surface area contributed by atoms with E-state index >= 15 is 0 Å². The van der Waals surface area contributed by atoms with E-state index in [-0.39, 0.29) is 18.0 Å². The molecule has 1 amide bonds. The molecule has 6 heteroatoms. The van der Waals surface area contributed by atoms with Gasteiger partial charge in [0.1, 0.15) is 32.7 Å². The average Bonchev–Trinajstić information content (AvgIpc) is 2.62. The number of quaternary nitrogens is 2. The SMILES string of the molecule is COc1cc(C)c(C[NH+]2CC[NH+]([C@H](C)C(=O)NC(C)C)CC2)cc1OC. The number of carbonyl (C=O) groups is 1. The van der Waals surface area contributed by atoms with Crippen LogP contribution >= 0.6 is 0 Å². The van der Waals surface area contributed by atoms with Crippen molar-refractivity contribution in [1.82, 2.24) is 5.32 Å². The van der Waals surface area contributed by atoms with E-state index in [0.29, 0.717) is 0 Å². The molecule has 0 saturated carbocycles. The Balaban J connectivity index is 1.94. The lowest BCUT2D eigenvalue weighted by molar-refractivity contribution is -1.02. The van der Waals surface area contributed by atoms with Crippen molar-refractivity contribution in [3.8, 4) is 11.5 Å². The van der Waals surface area contributed by atoms with E-state index in [2.05, 4.69) is 18.3 Å². The first-order valence-electron chi connectivity index (χ1n) is 9.55. The number of benzene rings is 1. The molecule has 1 aromatic carbocycles. The topological polar surface area (TPSA) is 56.4 Å². The van der Waals surface area contributed by atoms with Gasteiger partial charge in [0, 0.05) is 11.6 Å². The molecule has 0 aromatic heterocycles. The molecule has 0 spiro atoms. The third-order valence-electron chi connectivity index (χ3n) is 5.32. The maximum absolute atomic E-state index is 12.2. The van der Waals surface area contributed by atoms with Gasteiger partial charge in [-0.2, -0.15) is 0 Å². The van der Waals surface area contributed by atoms with E-state index in [1.807, 2.05) is 26.8 Å². The number of rotatable bonds is 7. The van der Waals surface area contributed by atoms with Gasteiger partial charge in [0.05, 0.1) is 14.2 Å². The van der Waals surface area contributed by atoms with Gasteiger partial charge in [-0.05, 0) is 45.4 Å². The Labute approximate surface area is 157 Å². The highest BCUT2D eigenvalue weighted by atomic mass is 16.5. The second kappa shape index (κ2) is 9.24. The number of nitrogens with one attached hydrogen (secondary N) is 3. The number of ether oxygens (including phenoxy) is 2. The summed E-state index contributed by atoms with van der Waals surface area (Å²) in [5.74, 6) is 1.73. The third kappa shape index (κ3) is 5.11. The first-order chi connectivity index (χ1) is 12.3. The molecule has 1 heterocycles. The van der Waals surface area contributed by atoms with Gasteiger partial charge >= 0.3 is 0 Å². The zero-order valence-electron chi connectivity index (χ0n) is 17.1. The average molecular weight is 366 g/mol. The Bertz CT molecular complexity index is 611. The highest BCUT2D eigenvalue weighted by molar-refractivity contribution is 5.80. The molecule has 0 unspecified atom stereocenters. The zero-order valence-corrected chi connectivity index (χ0v) is 17.1. The van der Waals surface area contributed by atoms with Crippen molar-refractivity contribution in [2.75, 3.05) is 40.4 Å². The molecule has 1 aromatic rings. The largest absolute Gasteiger partial charge is 0.493 e. The molecule has 1 atom stereocenters. The van der Waals surface area contributed by atoms with Crippen LogP contribution in [-0.4, -0.2) is 58.4 Å². The van der Waals surface area contributed by atoms with Gasteiger partial charge < -0.3 is 24.6 Å². The van der Waals surface area contributed by atoms with E-state index in [1.54, 1.807) is 19.1 Å². The molecule has 1 fully saturated rings. The number of hydrogen-bond acceptors (Lipinski definition) is 3. The van der Waals surface area contributed by atoms with Gasteiger partial charge in [0.2, 0.25) is 0 Å². The van der Waals surface area contributed by atoms with Gasteiger partial charge in [0.15, 0.2) is 17.5 Å². The van der Waals surface area contributed by atoms with Crippen LogP contribution in [0, 0.1) is 6.92 Å². The summed E-state index contributed by atoms with van der Waals surface area (Å²) in [6.07, 6.45) is 0. The lowest BCUT2D eigenvalue weighted by Crippen LogP contribution is -3.29. The summed E-state index contributed by atoms with van der Waals surface area (Å²) in [5, 5.41) is 3.03. The Morgan fingerprint density at radius 2 is 1.65 bits per heavy atom. The minimum Gasteiger partial charge on any atom is -0.493 e. The lowest BCUT2D eigenvalue weighted by atomic mass is 10.1. The summed E-state index contributed by atoms with van der Waals surface area (Å²) < 4.78 is 10.8. The monoisotopic (exact) mass is 365 g/mol. The molecule has 1 aliphatic heterocycles. The smallest absolute Gasteiger partial charge is 0.278 e. The van der Waals surface area contributed by atoms with Crippen molar-refractivity contribution in [2.45, 2.75) is 46.3 Å². The van der Waals surface area contributed by atoms with Crippen molar-refractivity contribution < 1.29 is 24.1 Å². The molecule has 6 nitrogen and oxygen atoms in total. The minimum absolute atomic E-state index is 0.0155. The number of piperazine rings is 1. The number of hydrogen-bond donors (Lipinski definition) is 3. The van der Waals surface area contributed by atoms with Crippen LogP contribution < -0.4 is 24.6 Å². The van der Waals surface area contributed by atoms with E-state index in [9.17, 15) is 4.79 Å². The van der Waals surface area contributed by atoms with Gasteiger partial charge in [-0.25, -0.2) is 0 Å². The first kappa shape index (κ1) is 20.5. The van der Waals surface area contributed by atoms with Gasteiger partial charge in [-0.1, -0.05) is 0 Å². The molecule has 3 N–H and O–H groups in total. The molecule has 1 aliphatic rings. The quantitative estimate of drug-likeness (QED) is 0.594. The summed E-state index contributed by atoms with van der Waals surface area (Å²) in [6, 6.07) is 4.36. The minimum atomic E-state index is 0.0155. The summed E-state index contributed by atoms with van der Waals surface area (Å²) in [5.41, 5.74) is 2.53. The maximum atomic E-state index is 12.2. The molecule has 0 bridgehead atoms. The van der Waals surface area contributed by atoms with Crippen LogP contribution in [0.4, 0.5) is 0 Å². The molecule has 2 rings (SSSR count). The van der Waals surface area contributed by atoms with Crippen LogP contribution in [0.1, 0.15) is 31.9 Å². The zero-order chi connectivity index (χ0) is 19.3. The summed E-state index contributed by atoms with van der Waals surface area (Å²) in [6.45, 7) is 13.3. The fourth-order valence-corrected chi connectivity index (χ4v) is 3.61. The summed E-state index contributed by atoms with van der Waals surface area (Å²) >= 11 is 0. The maximum Gasteiger partial charge on any atom is 0.278 e. The van der Waals surface area contributed by atoms with Crippen molar-refractivity contribution >= 4 is 5.91 Å². The number of carbonyl (C=O) groups excluding carboxylic acids is 1. The first-order valence-corrected chi connectivity index (χ1v) is 9.55. The predicted octanol–water partition coefficient (Wildman–Crippen LogP) is -0.791. The Morgan fingerprint density at radius 1 is 1.08 bits per heavy atom. The van der Waals surface area contributed by atoms with Crippen LogP contribution in [0.3, 0.4) is 0 Å². The van der Waals surface area contributed by atoms with E-state index < -0.39 is 0 Å². The fourth-order valence-electron chi connectivity index (χ4n) is 3.61. The Morgan fingerprint density at radius 3 is 2.19 bits per heavy atom. The standard InChI is InChI=1S/C20H33N3O3/c1-14(2)21-20(24)16(4)23-9-7-22(8-10-23)13-17-12-19(26-6)18(25-5)11-15(17)3/h11-12,14,16H,7-10,13H2,1-6H3,(H,21,24)/p+2/t16-/m1/s1. The lowest BCUT2D eigenvalue weighted by Gasteiger charge is -2.33. The van der Waals surface area contributed by atoms with Crippen LogP contribution in [0.25, 0.3) is 0 Å². The molecule has 26 heavy (non-hydrogen) atoms. The van der Waals surface area contributed by atoms with E-state index in [4.69, 9.17) is 9.47 Å². The number of aryl methyl sites for hydroxylation is 1. The highest BCUT2D eigenvalue weighted by Crippen LogP contribution is 2.29. The highest BCUT2D eigenvalue weighted by Gasteiger charge is 2.31. The van der Waals surface area contributed by atoms with Gasteiger partial charge in [-0.15, -0.1) is 0 Å². The fraction of sp³-hybridized carbons (Fsp3) is 0.650. The Hall–Kier alpha value is -1.79. The molecule has 1 saturated heterocycles. The predicted molar refractivity (Wildman–Crippen MR) is 102 cm³/mol. The third-order valence-corrected chi connectivity index (χ3v) is 5.32. The van der Waals surface area contributed by atoms with Gasteiger partial charge in [0.25, 0.3) is 5.91 Å². The van der Waals surface area contributed by atoms with Crippen LogP contribution in [0.15, 0.2) is 12.1 Å². The van der Waals surface area contributed by atoms with Crippen LogP contribution in [-0.2, 0) is 11.3 Å². The van der Waals surface area contributed by atoms with Crippen LogP contribution in [0.2, 0.25) is 0 Å². The number of methoxy groups -OCH3 is 2. The van der Waals surface area contributed by atoms with Crippen molar-refractivity contribution in [3.05, 3.63) is 23.3 Å². The molecular weight excluding hydrogens is 330 g/mol.